The summed E-state index contributed by atoms with van der Waals surface area (Å²) in [5.41, 5.74) is 4.96. The molecular formula is C23H25N3O4. The maximum Gasteiger partial charge on any atom is 0.338 e. The third-order valence-electron chi connectivity index (χ3n) is 4.88. The molecule has 1 aromatic heterocycles. The van der Waals surface area contributed by atoms with Gasteiger partial charge in [-0.05, 0) is 37.1 Å². The summed E-state index contributed by atoms with van der Waals surface area (Å²) < 4.78 is 6.98. The smallest absolute Gasteiger partial charge is 0.338 e. The Hall–Kier alpha value is -3.45. The van der Waals surface area contributed by atoms with Gasteiger partial charge < -0.3 is 15.2 Å². The SMILES string of the molecule is Cc1nn(Cc2ccccc2)c(C)c1CNC(=O)COC(=O)c1ccc(CO)cc1. The number of amides is 1. The molecule has 3 aromatic rings. The highest BCUT2D eigenvalue weighted by Crippen LogP contribution is 2.14. The number of hydrogen-bond donors (Lipinski definition) is 2. The Morgan fingerprint density at radius 3 is 2.40 bits per heavy atom. The quantitative estimate of drug-likeness (QED) is 0.560. The van der Waals surface area contributed by atoms with Crippen molar-refractivity contribution in [1.82, 2.24) is 15.1 Å². The fourth-order valence-corrected chi connectivity index (χ4v) is 3.10. The Bertz CT molecular complexity index is 1010. The summed E-state index contributed by atoms with van der Waals surface area (Å²) in [6.07, 6.45) is 0. The Kier molecular flexibility index (Phi) is 6.98. The third kappa shape index (κ3) is 5.33. The summed E-state index contributed by atoms with van der Waals surface area (Å²) in [6, 6.07) is 16.4. The number of esters is 1. The van der Waals surface area contributed by atoms with E-state index in [9.17, 15) is 9.59 Å². The maximum absolute atomic E-state index is 12.1. The third-order valence-corrected chi connectivity index (χ3v) is 4.88. The lowest BCUT2D eigenvalue weighted by atomic mass is 10.1. The molecule has 0 saturated heterocycles. The molecule has 1 heterocycles. The van der Waals surface area contributed by atoms with Gasteiger partial charge in [0, 0.05) is 17.8 Å². The van der Waals surface area contributed by atoms with Crippen LogP contribution < -0.4 is 5.32 Å². The number of carbonyl (C=O) groups excluding carboxylic acids is 2. The zero-order chi connectivity index (χ0) is 21.5. The van der Waals surface area contributed by atoms with Crippen LogP contribution in [0.3, 0.4) is 0 Å². The lowest BCUT2D eigenvalue weighted by Crippen LogP contribution is -2.28. The van der Waals surface area contributed by atoms with Crippen molar-refractivity contribution in [3.05, 3.63) is 88.2 Å². The van der Waals surface area contributed by atoms with E-state index in [1.165, 1.54) is 0 Å². The summed E-state index contributed by atoms with van der Waals surface area (Å²) >= 11 is 0. The number of hydrogen-bond acceptors (Lipinski definition) is 5. The van der Waals surface area contributed by atoms with Crippen LogP contribution in [0.2, 0.25) is 0 Å². The lowest BCUT2D eigenvalue weighted by Gasteiger charge is -2.08. The molecule has 2 N–H and O–H groups in total. The van der Waals surface area contributed by atoms with Crippen LogP contribution in [0.4, 0.5) is 0 Å². The predicted molar refractivity (Wildman–Crippen MR) is 112 cm³/mol. The van der Waals surface area contributed by atoms with Crippen LogP contribution in [0.1, 0.15) is 38.4 Å². The number of aliphatic hydroxyl groups is 1. The minimum atomic E-state index is -0.585. The van der Waals surface area contributed by atoms with Gasteiger partial charge in [-0.2, -0.15) is 5.10 Å². The zero-order valence-electron chi connectivity index (χ0n) is 17.1. The average molecular weight is 407 g/mol. The standard InChI is InChI=1S/C23H25N3O4/c1-16-21(17(2)26(25-16)13-18-6-4-3-5-7-18)12-24-22(28)15-30-23(29)20-10-8-19(14-27)9-11-20/h3-11,27H,12-15H2,1-2H3,(H,24,28). The molecule has 7 nitrogen and oxygen atoms in total. The van der Waals surface area contributed by atoms with E-state index in [0.29, 0.717) is 24.2 Å². The second kappa shape index (κ2) is 9.84. The maximum atomic E-state index is 12.1. The highest BCUT2D eigenvalue weighted by atomic mass is 16.5. The first-order chi connectivity index (χ1) is 14.5. The van der Waals surface area contributed by atoms with Crippen LogP contribution in [0.25, 0.3) is 0 Å². The van der Waals surface area contributed by atoms with Crippen molar-refractivity contribution in [3.8, 4) is 0 Å². The fourth-order valence-electron chi connectivity index (χ4n) is 3.10. The molecule has 0 aliphatic heterocycles. The van der Waals surface area contributed by atoms with Gasteiger partial charge in [-0.3, -0.25) is 9.48 Å². The van der Waals surface area contributed by atoms with E-state index < -0.39 is 5.97 Å². The van der Waals surface area contributed by atoms with Crippen LogP contribution in [-0.2, 0) is 29.2 Å². The lowest BCUT2D eigenvalue weighted by molar-refractivity contribution is -0.124. The minimum Gasteiger partial charge on any atom is -0.452 e. The number of ether oxygens (including phenoxy) is 1. The summed E-state index contributed by atoms with van der Waals surface area (Å²) in [4.78, 5) is 24.2. The fraction of sp³-hybridized carbons (Fsp3) is 0.261. The minimum absolute atomic E-state index is 0.0987. The first-order valence-electron chi connectivity index (χ1n) is 9.68. The molecule has 3 rings (SSSR count). The summed E-state index contributed by atoms with van der Waals surface area (Å²) in [5, 5.41) is 16.4. The molecule has 156 valence electrons. The van der Waals surface area contributed by atoms with E-state index in [2.05, 4.69) is 10.4 Å². The van der Waals surface area contributed by atoms with Gasteiger partial charge in [0.25, 0.3) is 5.91 Å². The van der Waals surface area contributed by atoms with E-state index in [-0.39, 0.29) is 19.1 Å². The highest BCUT2D eigenvalue weighted by Gasteiger charge is 2.14. The van der Waals surface area contributed by atoms with E-state index in [1.807, 2.05) is 48.9 Å². The Morgan fingerprint density at radius 1 is 1.03 bits per heavy atom. The summed E-state index contributed by atoms with van der Waals surface area (Å²) in [6.45, 7) is 4.39. The van der Waals surface area contributed by atoms with Gasteiger partial charge in [-0.15, -0.1) is 0 Å². The largest absolute Gasteiger partial charge is 0.452 e. The Balaban J connectivity index is 1.52. The van der Waals surface area contributed by atoms with Crippen LogP contribution in [0.5, 0.6) is 0 Å². The van der Waals surface area contributed by atoms with Gasteiger partial charge in [-0.25, -0.2) is 4.79 Å². The molecule has 0 aliphatic rings. The van der Waals surface area contributed by atoms with Crippen molar-refractivity contribution in [1.29, 1.82) is 0 Å². The number of aromatic nitrogens is 2. The molecule has 1 amide bonds. The van der Waals surface area contributed by atoms with Crippen LogP contribution in [0, 0.1) is 13.8 Å². The van der Waals surface area contributed by atoms with E-state index in [1.54, 1.807) is 24.3 Å². The topological polar surface area (TPSA) is 93.5 Å². The summed E-state index contributed by atoms with van der Waals surface area (Å²) in [5.74, 6) is -0.970. The first kappa shape index (κ1) is 21.3. The van der Waals surface area contributed by atoms with Gasteiger partial charge >= 0.3 is 5.97 Å². The second-order valence-electron chi connectivity index (χ2n) is 7.00. The van der Waals surface area contributed by atoms with E-state index in [4.69, 9.17) is 9.84 Å². The number of aryl methyl sites for hydroxylation is 1. The van der Waals surface area contributed by atoms with E-state index >= 15 is 0 Å². The van der Waals surface area contributed by atoms with Gasteiger partial charge in [-0.1, -0.05) is 42.5 Å². The van der Waals surface area contributed by atoms with Crippen molar-refractivity contribution in [2.45, 2.75) is 33.5 Å². The van der Waals surface area contributed by atoms with Gasteiger partial charge in [0.1, 0.15) is 0 Å². The molecule has 0 aliphatic carbocycles. The predicted octanol–water partition coefficient (Wildman–Crippen LogP) is 2.51. The number of nitrogens with one attached hydrogen (secondary N) is 1. The van der Waals surface area contributed by atoms with Crippen molar-refractivity contribution in [2.24, 2.45) is 0 Å². The molecule has 2 aromatic carbocycles. The second-order valence-corrected chi connectivity index (χ2v) is 7.00. The van der Waals surface area contributed by atoms with Crippen molar-refractivity contribution in [3.63, 3.8) is 0 Å². The molecule has 0 unspecified atom stereocenters. The molecule has 0 radical (unpaired) electrons. The van der Waals surface area contributed by atoms with Crippen LogP contribution in [0.15, 0.2) is 54.6 Å². The molecule has 7 heteroatoms. The Labute approximate surface area is 175 Å². The monoisotopic (exact) mass is 407 g/mol. The number of carbonyl (C=O) groups is 2. The normalized spacial score (nSPS) is 10.6. The number of rotatable bonds is 8. The van der Waals surface area contributed by atoms with E-state index in [0.717, 1.165) is 22.5 Å². The molecule has 30 heavy (non-hydrogen) atoms. The number of nitrogens with zero attached hydrogens (tertiary/aromatic N) is 2. The van der Waals surface area contributed by atoms with Gasteiger partial charge in [0.15, 0.2) is 6.61 Å². The van der Waals surface area contributed by atoms with Crippen molar-refractivity contribution < 1.29 is 19.4 Å². The number of benzene rings is 2. The molecular weight excluding hydrogens is 382 g/mol. The van der Waals surface area contributed by atoms with Gasteiger partial charge in [0.2, 0.25) is 0 Å². The molecule has 0 atom stereocenters. The highest BCUT2D eigenvalue weighted by molar-refractivity contribution is 5.91. The molecule has 0 spiro atoms. The van der Waals surface area contributed by atoms with Gasteiger partial charge in [0.05, 0.1) is 24.4 Å². The number of aliphatic hydroxyl groups excluding tert-OH is 1. The van der Waals surface area contributed by atoms with Crippen LogP contribution in [-0.4, -0.2) is 33.4 Å². The van der Waals surface area contributed by atoms with Crippen molar-refractivity contribution in [2.75, 3.05) is 6.61 Å². The Morgan fingerprint density at radius 2 is 1.73 bits per heavy atom. The van der Waals surface area contributed by atoms with Crippen LogP contribution >= 0.6 is 0 Å². The molecule has 0 fully saturated rings. The average Bonchev–Trinajstić information content (AvgIpc) is 3.03. The summed E-state index contributed by atoms with van der Waals surface area (Å²) in [7, 11) is 0. The first-order valence-corrected chi connectivity index (χ1v) is 9.68. The molecule has 0 bridgehead atoms. The molecule has 0 saturated carbocycles. The van der Waals surface area contributed by atoms with Crippen molar-refractivity contribution >= 4 is 11.9 Å². The zero-order valence-corrected chi connectivity index (χ0v) is 17.1.